The van der Waals surface area contributed by atoms with Crippen LogP contribution in [0.4, 0.5) is 5.69 Å². The number of aryl methyl sites for hydroxylation is 1. The first kappa shape index (κ1) is 12.0. The number of benzene rings is 1. The van der Waals surface area contributed by atoms with Crippen molar-refractivity contribution in [2.45, 2.75) is 19.8 Å². The van der Waals surface area contributed by atoms with Crippen molar-refractivity contribution in [1.82, 2.24) is 0 Å². The number of oxime groups is 1. The molecule has 1 amide bonds. The van der Waals surface area contributed by atoms with Gasteiger partial charge in [0.1, 0.15) is 5.84 Å². The average molecular weight is 221 g/mol. The molecule has 86 valence electrons. The van der Waals surface area contributed by atoms with Crippen LogP contribution in [0.2, 0.25) is 0 Å². The summed E-state index contributed by atoms with van der Waals surface area (Å²) < 4.78 is 0. The zero-order chi connectivity index (χ0) is 12.0. The second kappa shape index (κ2) is 5.75. The highest BCUT2D eigenvalue weighted by molar-refractivity contribution is 6.04. The summed E-state index contributed by atoms with van der Waals surface area (Å²) >= 11 is 0. The first-order valence-electron chi connectivity index (χ1n) is 5.01. The maximum absolute atomic E-state index is 11.4. The third-order valence-corrected chi connectivity index (χ3v) is 2.12. The molecule has 0 aliphatic heterocycles. The van der Waals surface area contributed by atoms with Crippen molar-refractivity contribution in [3.8, 4) is 0 Å². The van der Waals surface area contributed by atoms with Crippen LogP contribution in [0.15, 0.2) is 29.4 Å². The summed E-state index contributed by atoms with van der Waals surface area (Å²) in [6.07, 6.45) is 0.838. The molecule has 0 atom stereocenters. The van der Waals surface area contributed by atoms with Crippen LogP contribution in [0.3, 0.4) is 0 Å². The Labute approximate surface area is 94.0 Å². The van der Waals surface area contributed by atoms with Crippen LogP contribution in [0.25, 0.3) is 0 Å². The lowest BCUT2D eigenvalue weighted by molar-refractivity contribution is -0.115. The lowest BCUT2D eigenvalue weighted by atomic mass is 10.1. The Morgan fingerprint density at radius 3 is 2.56 bits per heavy atom. The predicted molar refractivity (Wildman–Crippen MR) is 62.5 cm³/mol. The monoisotopic (exact) mass is 221 g/mol. The smallest absolute Gasteiger partial charge is 0.232 e. The van der Waals surface area contributed by atoms with Gasteiger partial charge in [0.25, 0.3) is 0 Å². The van der Waals surface area contributed by atoms with Crippen LogP contribution in [0.1, 0.15) is 18.9 Å². The fourth-order valence-electron chi connectivity index (χ4n) is 1.23. The van der Waals surface area contributed by atoms with Crippen LogP contribution < -0.4 is 11.1 Å². The summed E-state index contributed by atoms with van der Waals surface area (Å²) in [5, 5.41) is 13.7. The summed E-state index contributed by atoms with van der Waals surface area (Å²) in [4.78, 5) is 11.4. The van der Waals surface area contributed by atoms with E-state index in [1.807, 2.05) is 24.3 Å². The summed E-state index contributed by atoms with van der Waals surface area (Å²) in [7, 11) is 0. The second-order valence-corrected chi connectivity index (χ2v) is 3.37. The van der Waals surface area contributed by atoms with E-state index in [1.165, 1.54) is 5.56 Å². The van der Waals surface area contributed by atoms with Crippen molar-refractivity contribution in [3.05, 3.63) is 29.8 Å². The van der Waals surface area contributed by atoms with E-state index in [1.54, 1.807) is 0 Å². The molecule has 1 aromatic carbocycles. The number of amides is 1. The zero-order valence-electron chi connectivity index (χ0n) is 9.10. The highest BCUT2D eigenvalue weighted by Crippen LogP contribution is 2.10. The summed E-state index contributed by atoms with van der Waals surface area (Å²) in [5.41, 5.74) is 7.12. The van der Waals surface area contributed by atoms with E-state index in [0.717, 1.165) is 6.42 Å². The van der Waals surface area contributed by atoms with Gasteiger partial charge in [-0.15, -0.1) is 0 Å². The predicted octanol–water partition coefficient (Wildman–Crippen LogP) is 1.32. The fourth-order valence-corrected chi connectivity index (χ4v) is 1.23. The standard InChI is InChI=1S/C11H15N3O2/c1-2-8-3-5-9(6-4-8)13-11(15)7-10(12)14-16/h3-6,16H,2,7H2,1H3,(H2,12,14)(H,13,15). The van der Waals surface area contributed by atoms with E-state index in [2.05, 4.69) is 17.4 Å². The summed E-state index contributed by atoms with van der Waals surface area (Å²) in [5.74, 6) is -0.415. The lowest BCUT2D eigenvalue weighted by Gasteiger charge is -2.05. The maximum Gasteiger partial charge on any atom is 0.232 e. The van der Waals surface area contributed by atoms with E-state index in [-0.39, 0.29) is 18.2 Å². The van der Waals surface area contributed by atoms with Crippen LogP contribution in [-0.2, 0) is 11.2 Å². The Morgan fingerprint density at radius 2 is 2.06 bits per heavy atom. The first-order valence-corrected chi connectivity index (χ1v) is 5.01. The van der Waals surface area contributed by atoms with Gasteiger partial charge in [0.15, 0.2) is 0 Å². The number of carbonyl (C=O) groups excluding carboxylic acids is 1. The van der Waals surface area contributed by atoms with Crippen molar-refractivity contribution in [2.24, 2.45) is 10.9 Å². The highest BCUT2D eigenvalue weighted by atomic mass is 16.4. The molecule has 0 radical (unpaired) electrons. The van der Waals surface area contributed by atoms with Gasteiger partial charge in [-0.05, 0) is 24.1 Å². The van der Waals surface area contributed by atoms with E-state index in [0.29, 0.717) is 5.69 Å². The van der Waals surface area contributed by atoms with E-state index in [9.17, 15) is 4.79 Å². The molecule has 0 saturated carbocycles. The Hall–Kier alpha value is -2.04. The topological polar surface area (TPSA) is 87.7 Å². The molecule has 0 unspecified atom stereocenters. The molecule has 0 aromatic heterocycles. The maximum atomic E-state index is 11.4. The molecule has 16 heavy (non-hydrogen) atoms. The van der Waals surface area contributed by atoms with Gasteiger partial charge in [0.05, 0.1) is 6.42 Å². The van der Waals surface area contributed by atoms with Gasteiger partial charge in [0, 0.05) is 5.69 Å². The minimum atomic E-state index is -0.306. The molecule has 5 nitrogen and oxygen atoms in total. The minimum Gasteiger partial charge on any atom is -0.409 e. The van der Waals surface area contributed by atoms with E-state index < -0.39 is 0 Å². The Balaban J connectivity index is 2.56. The van der Waals surface area contributed by atoms with Crippen molar-refractivity contribution in [3.63, 3.8) is 0 Å². The van der Waals surface area contributed by atoms with Gasteiger partial charge in [-0.2, -0.15) is 0 Å². The molecular formula is C11H15N3O2. The van der Waals surface area contributed by atoms with Crippen LogP contribution >= 0.6 is 0 Å². The van der Waals surface area contributed by atoms with Crippen LogP contribution in [0, 0.1) is 0 Å². The summed E-state index contributed by atoms with van der Waals surface area (Å²) in [6.45, 7) is 2.06. The number of carbonyl (C=O) groups is 1. The van der Waals surface area contributed by atoms with Gasteiger partial charge in [-0.3, -0.25) is 4.79 Å². The van der Waals surface area contributed by atoms with Crippen molar-refractivity contribution >= 4 is 17.4 Å². The molecule has 5 heteroatoms. The molecule has 0 bridgehead atoms. The number of anilines is 1. The first-order chi connectivity index (χ1) is 7.65. The molecule has 0 heterocycles. The Kier molecular flexibility index (Phi) is 4.32. The van der Waals surface area contributed by atoms with Gasteiger partial charge in [0.2, 0.25) is 5.91 Å². The molecule has 1 rings (SSSR count). The molecule has 4 N–H and O–H groups in total. The summed E-state index contributed by atoms with van der Waals surface area (Å²) in [6, 6.07) is 7.53. The van der Waals surface area contributed by atoms with Gasteiger partial charge < -0.3 is 16.3 Å². The number of nitrogens with two attached hydrogens (primary N) is 1. The zero-order valence-corrected chi connectivity index (χ0v) is 9.10. The quantitative estimate of drug-likeness (QED) is 0.310. The molecule has 0 spiro atoms. The highest BCUT2D eigenvalue weighted by Gasteiger charge is 2.05. The van der Waals surface area contributed by atoms with Crippen molar-refractivity contribution < 1.29 is 10.0 Å². The molecular weight excluding hydrogens is 206 g/mol. The number of nitrogens with one attached hydrogen (secondary N) is 1. The van der Waals surface area contributed by atoms with Crippen molar-refractivity contribution in [1.29, 1.82) is 0 Å². The largest absolute Gasteiger partial charge is 0.409 e. The van der Waals surface area contributed by atoms with E-state index in [4.69, 9.17) is 10.9 Å². The third kappa shape index (κ3) is 3.61. The molecule has 0 aliphatic carbocycles. The Bertz CT molecular complexity index is 385. The van der Waals surface area contributed by atoms with Gasteiger partial charge in [-0.1, -0.05) is 24.2 Å². The number of rotatable bonds is 4. The Morgan fingerprint density at radius 1 is 1.44 bits per heavy atom. The van der Waals surface area contributed by atoms with Crippen LogP contribution in [-0.4, -0.2) is 17.0 Å². The molecule has 0 fully saturated rings. The normalized spacial score (nSPS) is 11.2. The molecule has 1 aromatic rings. The third-order valence-electron chi connectivity index (χ3n) is 2.12. The number of amidine groups is 1. The fraction of sp³-hybridized carbons (Fsp3) is 0.273. The second-order valence-electron chi connectivity index (χ2n) is 3.37. The number of hydrogen-bond donors (Lipinski definition) is 3. The van der Waals surface area contributed by atoms with Gasteiger partial charge >= 0.3 is 0 Å². The van der Waals surface area contributed by atoms with Gasteiger partial charge in [-0.25, -0.2) is 0 Å². The molecule has 0 saturated heterocycles. The lowest BCUT2D eigenvalue weighted by Crippen LogP contribution is -2.21. The number of hydrogen-bond acceptors (Lipinski definition) is 3. The van der Waals surface area contributed by atoms with E-state index >= 15 is 0 Å². The van der Waals surface area contributed by atoms with Crippen LogP contribution in [0.5, 0.6) is 0 Å². The number of nitrogens with zero attached hydrogens (tertiary/aromatic N) is 1. The SMILES string of the molecule is CCc1ccc(NC(=O)C/C(N)=N\O)cc1. The minimum absolute atomic E-state index is 0.109. The molecule has 0 aliphatic rings. The van der Waals surface area contributed by atoms with Crippen molar-refractivity contribution in [2.75, 3.05) is 5.32 Å². The average Bonchev–Trinajstić information content (AvgIpc) is 2.29.